The second-order valence-electron chi connectivity index (χ2n) is 6.60. The first-order valence-electron chi connectivity index (χ1n) is 7.38. The van der Waals surface area contributed by atoms with Crippen LogP contribution < -0.4 is 10.2 Å². The van der Waals surface area contributed by atoms with Gasteiger partial charge in [0.05, 0.1) is 5.69 Å². The molecule has 1 aromatic heterocycles. The van der Waals surface area contributed by atoms with Crippen LogP contribution in [0.5, 0.6) is 0 Å². The number of pyridine rings is 1. The van der Waals surface area contributed by atoms with Crippen molar-refractivity contribution in [1.82, 2.24) is 10.3 Å². The summed E-state index contributed by atoms with van der Waals surface area (Å²) in [5.74, 6) is 0.657. The summed E-state index contributed by atoms with van der Waals surface area (Å²) in [6, 6.07) is 4.24. The van der Waals surface area contributed by atoms with Crippen molar-refractivity contribution in [3.05, 3.63) is 36.7 Å². The van der Waals surface area contributed by atoms with Crippen LogP contribution in [0, 0.1) is 5.92 Å². The van der Waals surface area contributed by atoms with E-state index in [1.807, 2.05) is 12.3 Å². The van der Waals surface area contributed by atoms with E-state index in [4.69, 9.17) is 0 Å². The number of anilines is 1. The number of nitrogens with zero attached hydrogens (tertiary/aromatic N) is 2. The highest BCUT2D eigenvalue weighted by molar-refractivity contribution is 5.49. The zero-order chi connectivity index (χ0) is 15.2. The number of hydrogen-bond donors (Lipinski definition) is 1. The van der Waals surface area contributed by atoms with Gasteiger partial charge in [-0.3, -0.25) is 4.98 Å². The fourth-order valence-corrected chi connectivity index (χ4v) is 2.11. The lowest BCUT2D eigenvalue weighted by Crippen LogP contribution is -2.41. The van der Waals surface area contributed by atoms with E-state index in [0.717, 1.165) is 25.3 Å². The van der Waals surface area contributed by atoms with E-state index in [0.29, 0.717) is 5.92 Å². The third-order valence-electron chi connectivity index (χ3n) is 3.09. The Morgan fingerprint density at radius 1 is 1.40 bits per heavy atom. The maximum atomic E-state index is 4.45. The van der Waals surface area contributed by atoms with Gasteiger partial charge in [-0.1, -0.05) is 19.9 Å². The SMILES string of the molecule is C=CCN(c1ccnc(CNCC(C)C)c1)C(C)(C)C. The minimum absolute atomic E-state index is 0.0676. The van der Waals surface area contributed by atoms with Crippen molar-refractivity contribution in [1.29, 1.82) is 0 Å². The minimum Gasteiger partial charge on any atom is -0.363 e. The molecule has 0 saturated carbocycles. The molecule has 0 amide bonds. The van der Waals surface area contributed by atoms with Crippen LogP contribution in [0.15, 0.2) is 31.0 Å². The van der Waals surface area contributed by atoms with Crippen LogP contribution >= 0.6 is 0 Å². The largest absolute Gasteiger partial charge is 0.363 e. The standard InChI is InChI=1S/C17H29N3/c1-7-10-20(17(4,5)6)16-8-9-19-15(11-16)13-18-12-14(2)3/h7-9,11,14,18H,1,10,12-13H2,2-6H3. The lowest BCUT2D eigenvalue weighted by molar-refractivity contribution is 0.521. The van der Waals surface area contributed by atoms with Crippen molar-refractivity contribution in [3.8, 4) is 0 Å². The summed E-state index contributed by atoms with van der Waals surface area (Å²) in [6.07, 6.45) is 3.84. The van der Waals surface area contributed by atoms with Gasteiger partial charge in [0.2, 0.25) is 0 Å². The molecule has 1 N–H and O–H groups in total. The van der Waals surface area contributed by atoms with Gasteiger partial charge in [-0.2, -0.15) is 0 Å². The van der Waals surface area contributed by atoms with Crippen molar-refractivity contribution < 1.29 is 0 Å². The number of aromatic nitrogens is 1. The normalized spacial score (nSPS) is 11.7. The number of nitrogens with one attached hydrogen (secondary N) is 1. The smallest absolute Gasteiger partial charge is 0.0562 e. The Morgan fingerprint density at radius 2 is 2.10 bits per heavy atom. The topological polar surface area (TPSA) is 28.2 Å². The predicted octanol–water partition coefficient (Wildman–Crippen LogP) is 3.62. The highest BCUT2D eigenvalue weighted by Crippen LogP contribution is 2.23. The summed E-state index contributed by atoms with van der Waals surface area (Å²) < 4.78 is 0. The Kier molecular flexibility index (Phi) is 6.21. The molecule has 1 rings (SSSR count). The Hall–Kier alpha value is -1.35. The Balaban J connectivity index is 2.81. The lowest BCUT2D eigenvalue weighted by Gasteiger charge is -2.37. The van der Waals surface area contributed by atoms with Crippen LogP contribution in [0.25, 0.3) is 0 Å². The van der Waals surface area contributed by atoms with Gasteiger partial charge in [-0.05, 0) is 45.4 Å². The molecular weight excluding hydrogens is 246 g/mol. The van der Waals surface area contributed by atoms with Crippen molar-refractivity contribution >= 4 is 5.69 Å². The van der Waals surface area contributed by atoms with E-state index >= 15 is 0 Å². The minimum atomic E-state index is 0.0676. The van der Waals surface area contributed by atoms with Crippen LogP contribution in [0.4, 0.5) is 5.69 Å². The molecule has 1 aromatic rings. The molecule has 20 heavy (non-hydrogen) atoms. The van der Waals surface area contributed by atoms with Crippen molar-refractivity contribution in [2.75, 3.05) is 18.0 Å². The van der Waals surface area contributed by atoms with E-state index in [9.17, 15) is 0 Å². The van der Waals surface area contributed by atoms with E-state index in [1.54, 1.807) is 0 Å². The summed E-state index contributed by atoms with van der Waals surface area (Å²) in [5.41, 5.74) is 2.35. The van der Waals surface area contributed by atoms with Gasteiger partial charge in [0.25, 0.3) is 0 Å². The van der Waals surface area contributed by atoms with E-state index in [1.165, 1.54) is 5.69 Å². The monoisotopic (exact) mass is 275 g/mol. The quantitative estimate of drug-likeness (QED) is 0.770. The number of hydrogen-bond acceptors (Lipinski definition) is 3. The first-order valence-corrected chi connectivity index (χ1v) is 7.38. The Labute approximate surface area is 124 Å². The second kappa shape index (κ2) is 7.44. The van der Waals surface area contributed by atoms with Crippen molar-refractivity contribution in [2.24, 2.45) is 5.92 Å². The van der Waals surface area contributed by atoms with E-state index in [-0.39, 0.29) is 5.54 Å². The van der Waals surface area contributed by atoms with Crippen molar-refractivity contribution in [3.63, 3.8) is 0 Å². The third-order valence-corrected chi connectivity index (χ3v) is 3.09. The molecule has 0 aliphatic rings. The van der Waals surface area contributed by atoms with E-state index < -0.39 is 0 Å². The molecule has 0 radical (unpaired) electrons. The van der Waals surface area contributed by atoms with Crippen LogP contribution in [-0.2, 0) is 6.54 Å². The molecule has 0 atom stereocenters. The van der Waals surface area contributed by atoms with Gasteiger partial charge in [-0.25, -0.2) is 0 Å². The molecule has 3 heteroatoms. The molecule has 0 bridgehead atoms. The maximum Gasteiger partial charge on any atom is 0.0562 e. The second-order valence-corrected chi connectivity index (χ2v) is 6.60. The molecule has 0 aliphatic carbocycles. The predicted molar refractivity (Wildman–Crippen MR) is 88.1 cm³/mol. The molecule has 112 valence electrons. The van der Waals surface area contributed by atoms with Crippen LogP contribution in [-0.4, -0.2) is 23.6 Å². The molecule has 0 spiro atoms. The average molecular weight is 275 g/mol. The summed E-state index contributed by atoms with van der Waals surface area (Å²) in [6.45, 7) is 17.6. The molecule has 0 saturated heterocycles. The molecule has 0 unspecified atom stereocenters. The van der Waals surface area contributed by atoms with Gasteiger partial charge in [0.15, 0.2) is 0 Å². The Morgan fingerprint density at radius 3 is 2.65 bits per heavy atom. The summed E-state index contributed by atoms with van der Waals surface area (Å²) in [5, 5.41) is 3.44. The lowest BCUT2D eigenvalue weighted by atomic mass is 10.0. The molecule has 0 aromatic carbocycles. The van der Waals surface area contributed by atoms with Gasteiger partial charge < -0.3 is 10.2 Å². The zero-order valence-corrected chi connectivity index (χ0v) is 13.6. The van der Waals surface area contributed by atoms with Crippen LogP contribution in [0.2, 0.25) is 0 Å². The summed E-state index contributed by atoms with van der Waals surface area (Å²) in [4.78, 5) is 6.79. The zero-order valence-electron chi connectivity index (χ0n) is 13.6. The van der Waals surface area contributed by atoms with Gasteiger partial charge in [0.1, 0.15) is 0 Å². The fourth-order valence-electron chi connectivity index (χ4n) is 2.11. The molecule has 3 nitrogen and oxygen atoms in total. The summed E-state index contributed by atoms with van der Waals surface area (Å²) >= 11 is 0. The van der Waals surface area contributed by atoms with Crippen molar-refractivity contribution in [2.45, 2.75) is 46.7 Å². The molecule has 0 fully saturated rings. The van der Waals surface area contributed by atoms with Crippen LogP contribution in [0.3, 0.4) is 0 Å². The highest BCUT2D eigenvalue weighted by atomic mass is 15.2. The van der Waals surface area contributed by atoms with Gasteiger partial charge in [-0.15, -0.1) is 6.58 Å². The fraction of sp³-hybridized carbons (Fsp3) is 0.588. The maximum absolute atomic E-state index is 4.45. The highest BCUT2D eigenvalue weighted by Gasteiger charge is 2.20. The third kappa shape index (κ3) is 5.33. The average Bonchev–Trinajstić information content (AvgIpc) is 2.34. The molecular formula is C17H29N3. The summed E-state index contributed by atoms with van der Waals surface area (Å²) in [7, 11) is 0. The molecule has 1 heterocycles. The van der Waals surface area contributed by atoms with Crippen LogP contribution in [0.1, 0.15) is 40.3 Å². The first kappa shape index (κ1) is 16.7. The Bertz CT molecular complexity index is 418. The van der Waals surface area contributed by atoms with Gasteiger partial charge in [0, 0.05) is 30.5 Å². The molecule has 0 aliphatic heterocycles. The number of rotatable bonds is 7. The van der Waals surface area contributed by atoms with E-state index in [2.05, 4.69) is 68.5 Å². The van der Waals surface area contributed by atoms with Gasteiger partial charge >= 0.3 is 0 Å². The first-order chi connectivity index (χ1) is 9.34.